The molecule has 0 radical (unpaired) electrons. The summed E-state index contributed by atoms with van der Waals surface area (Å²) in [5.74, 6) is -1.12. The van der Waals surface area contributed by atoms with E-state index in [0.717, 1.165) is 6.07 Å². The summed E-state index contributed by atoms with van der Waals surface area (Å²) in [5.41, 5.74) is 0.0426. The predicted octanol–water partition coefficient (Wildman–Crippen LogP) is 1.69. The number of aryl methyl sites for hydroxylation is 1. The van der Waals surface area contributed by atoms with Gasteiger partial charge in [-0.2, -0.15) is 0 Å². The Morgan fingerprint density at radius 2 is 2.50 bits per heavy atom. The normalized spacial score (nSPS) is 15.0. The summed E-state index contributed by atoms with van der Waals surface area (Å²) in [6.07, 6.45) is 0. The van der Waals surface area contributed by atoms with Crippen molar-refractivity contribution in [2.24, 2.45) is 0 Å². The quantitative estimate of drug-likeness (QED) is 0.642. The van der Waals surface area contributed by atoms with E-state index in [1.165, 1.54) is 18.2 Å². The van der Waals surface area contributed by atoms with Crippen LogP contribution in [0, 0.1) is 6.85 Å². The number of hydrogen-bond acceptors (Lipinski definition) is 1. The van der Waals surface area contributed by atoms with Crippen molar-refractivity contribution in [2.45, 2.75) is 6.85 Å². The van der Waals surface area contributed by atoms with Crippen LogP contribution in [0.3, 0.4) is 0 Å². The van der Waals surface area contributed by atoms with E-state index in [4.69, 9.17) is 9.22 Å². The molecule has 1 N–H and O–H groups in total. The number of hydrogen-bond donors (Lipinski definition) is 1. The van der Waals surface area contributed by atoms with Crippen molar-refractivity contribution >= 4 is 5.97 Å². The Bertz CT molecular complexity index is 330. The molecule has 0 atom stereocenters. The molecule has 1 aromatic carbocycles. The van der Waals surface area contributed by atoms with Gasteiger partial charge in [-0.15, -0.1) is 0 Å². The van der Waals surface area contributed by atoms with Crippen molar-refractivity contribution in [3.8, 4) is 0 Å². The zero-order chi connectivity index (χ0) is 10.1. The van der Waals surface area contributed by atoms with E-state index >= 15 is 0 Å². The van der Waals surface area contributed by atoms with Gasteiger partial charge in [0.25, 0.3) is 0 Å². The van der Waals surface area contributed by atoms with Gasteiger partial charge in [0.05, 0.1) is 5.56 Å². The molecule has 2 nitrogen and oxygen atoms in total. The van der Waals surface area contributed by atoms with Crippen LogP contribution >= 0.6 is 0 Å². The smallest absolute Gasteiger partial charge is 0.335 e. The van der Waals surface area contributed by atoms with E-state index in [-0.39, 0.29) is 11.1 Å². The highest BCUT2D eigenvalue weighted by Gasteiger charge is 1.99. The monoisotopic (exact) mass is 139 g/mol. The molecule has 0 saturated heterocycles. The van der Waals surface area contributed by atoms with Crippen LogP contribution in [0.4, 0.5) is 0 Å². The number of rotatable bonds is 1. The highest BCUT2D eigenvalue weighted by Crippen LogP contribution is 2.02. The summed E-state index contributed by atoms with van der Waals surface area (Å²) in [4.78, 5) is 10.5. The van der Waals surface area contributed by atoms with E-state index in [9.17, 15) is 4.79 Å². The zero-order valence-electron chi connectivity index (χ0n) is 8.16. The largest absolute Gasteiger partial charge is 0.478 e. The van der Waals surface area contributed by atoms with E-state index in [2.05, 4.69) is 0 Å². The van der Waals surface area contributed by atoms with Crippen molar-refractivity contribution in [3.05, 3.63) is 35.4 Å². The standard InChI is InChI=1S/C8H8O2/c1-6-3-2-4-7(5-6)8(9)10/h2-5H,1H3,(H,9,10)/i1D3. The summed E-state index contributed by atoms with van der Waals surface area (Å²) >= 11 is 0. The second kappa shape index (κ2) is 2.52. The first-order valence-corrected chi connectivity index (χ1v) is 2.75. The van der Waals surface area contributed by atoms with Crippen LogP contribution in [0.15, 0.2) is 24.3 Å². The molecule has 1 rings (SSSR count). The summed E-state index contributed by atoms with van der Waals surface area (Å²) < 4.78 is 21.2. The van der Waals surface area contributed by atoms with Crippen LogP contribution in [0.2, 0.25) is 0 Å². The summed E-state index contributed by atoms with van der Waals surface area (Å²) in [6, 6.07) is 5.33. The Hall–Kier alpha value is -1.31. The lowest BCUT2D eigenvalue weighted by atomic mass is 10.1. The highest BCUT2D eigenvalue weighted by molar-refractivity contribution is 5.87. The van der Waals surface area contributed by atoms with Crippen LogP contribution in [0.5, 0.6) is 0 Å². The number of carboxylic acid groups (broad SMARTS) is 1. The maximum atomic E-state index is 10.5. The predicted molar refractivity (Wildman–Crippen MR) is 38.1 cm³/mol. The van der Waals surface area contributed by atoms with Gasteiger partial charge in [-0.05, 0) is 19.0 Å². The fraction of sp³-hybridized carbons (Fsp3) is 0.125. The fourth-order valence-electron chi connectivity index (χ4n) is 0.652. The van der Waals surface area contributed by atoms with Crippen LogP contribution in [-0.2, 0) is 0 Å². The molecule has 0 bridgehead atoms. The van der Waals surface area contributed by atoms with Gasteiger partial charge in [0.2, 0.25) is 0 Å². The van der Waals surface area contributed by atoms with Crippen molar-refractivity contribution in [3.63, 3.8) is 0 Å². The van der Waals surface area contributed by atoms with Gasteiger partial charge in [-0.1, -0.05) is 17.7 Å². The van der Waals surface area contributed by atoms with Gasteiger partial charge in [0.15, 0.2) is 0 Å². The second-order valence-electron chi connectivity index (χ2n) is 1.89. The van der Waals surface area contributed by atoms with Gasteiger partial charge in [0.1, 0.15) is 0 Å². The summed E-state index contributed by atoms with van der Waals surface area (Å²) in [5, 5.41) is 8.59. The van der Waals surface area contributed by atoms with Crippen LogP contribution in [0.1, 0.15) is 20.0 Å². The van der Waals surface area contributed by atoms with Gasteiger partial charge < -0.3 is 5.11 Å². The first-order chi connectivity index (χ1) is 5.91. The van der Waals surface area contributed by atoms with Crippen LogP contribution in [0.25, 0.3) is 0 Å². The second-order valence-corrected chi connectivity index (χ2v) is 1.89. The molecule has 0 amide bonds. The molecular formula is C8H8O2. The van der Waals surface area contributed by atoms with Gasteiger partial charge in [0, 0.05) is 4.11 Å². The van der Waals surface area contributed by atoms with Gasteiger partial charge >= 0.3 is 5.97 Å². The minimum atomic E-state index is -2.24. The average Bonchev–Trinajstić information content (AvgIpc) is 2.03. The van der Waals surface area contributed by atoms with E-state index < -0.39 is 12.8 Å². The third-order valence-electron chi connectivity index (χ3n) is 1.11. The molecule has 0 aliphatic heterocycles. The maximum absolute atomic E-state index is 10.5. The number of benzene rings is 1. The molecule has 0 fully saturated rings. The van der Waals surface area contributed by atoms with Gasteiger partial charge in [-0.25, -0.2) is 4.79 Å². The fourth-order valence-corrected chi connectivity index (χ4v) is 0.652. The van der Waals surface area contributed by atoms with E-state index in [1.807, 2.05) is 0 Å². The molecule has 1 aromatic rings. The molecule has 0 aliphatic rings. The van der Waals surface area contributed by atoms with Gasteiger partial charge in [-0.3, -0.25) is 0 Å². The van der Waals surface area contributed by atoms with Crippen LogP contribution in [-0.4, -0.2) is 11.1 Å². The third-order valence-corrected chi connectivity index (χ3v) is 1.11. The zero-order valence-corrected chi connectivity index (χ0v) is 5.16. The molecule has 0 saturated carbocycles. The molecule has 0 aliphatic carbocycles. The molecule has 0 aromatic heterocycles. The lowest BCUT2D eigenvalue weighted by Gasteiger charge is -1.93. The molecule has 10 heavy (non-hydrogen) atoms. The SMILES string of the molecule is [2H]C([2H])([2H])c1cccc(C(=O)O)c1. The third kappa shape index (κ3) is 1.35. The molecule has 0 unspecified atom stereocenters. The van der Waals surface area contributed by atoms with Crippen LogP contribution < -0.4 is 0 Å². The Kier molecular flexibility index (Phi) is 0.947. The van der Waals surface area contributed by atoms with Crippen molar-refractivity contribution in [1.29, 1.82) is 0 Å². The Morgan fingerprint density at radius 1 is 1.70 bits per heavy atom. The number of carboxylic acids is 1. The molecule has 52 valence electrons. The number of aromatic carboxylic acids is 1. The molecule has 0 spiro atoms. The lowest BCUT2D eigenvalue weighted by molar-refractivity contribution is 0.0697. The molecular weight excluding hydrogens is 128 g/mol. The first kappa shape index (κ1) is 3.76. The topological polar surface area (TPSA) is 37.3 Å². The van der Waals surface area contributed by atoms with Crippen molar-refractivity contribution in [1.82, 2.24) is 0 Å². The minimum absolute atomic E-state index is 0.00590. The average molecular weight is 139 g/mol. The Labute approximate surface area is 63.3 Å². The van der Waals surface area contributed by atoms with Crippen molar-refractivity contribution < 1.29 is 14.0 Å². The Morgan fingerprint density at radius 3 is 3.10 bits per heavy atom. The minimum Gasteiger partial charge on any atom is -0.478 e. The number of carbonyl (C=O) groups is 1. The molecule has 0 heterocycles. The molecule has 2 heteroatoms. The Balaban J connectivity index is 3.13. The lowest BCUT2D eigenvalue weighted by Crippen LogP contribution is -1.95. The first-order valence-electron chi connectivity index (χ1n) is 4.25. The highest BCUT2D eigenvalue weighted by atomic mass is 16.4. The van der Waals surface area contributed by atoms with Crippen molar-refractivity contribution in [2.75, 3.05) is 0 Å². The van der Waals surface area contributed by atoms with E-state index in [1.54, 1.807) is 0 Å². The van der Waals surface area contributed by atoms with E-state index in [0.29, 0.717) is 0 Å². The summed E-state index contributed by atoms with van der Waals surface area (Å²) in [6.45, 7) is -2.24. The summed E-state index contributed by atoms with van der Waals surface area (Å²) in [7, 11) is 0. The maximum Gasteiger partial charge on any atom is 0.335 e.